The zero-order valence-electron chi connectivity index (χ0n) is 9.75. The summed E-state index contributed by atoms with van der Waals surface area (Å²) in [5, 5.41) is 0. The van der Waals surface area contributed by atoms with Crippen molar-refractivity contribution in [2.75, 3.05) is 0 Å². The summed E-state index contributed by atoms with van der Waals surface area (Å²) >= 11 is 8.76. The normalized spacial score (nSPS) is 15.7. The smallest absolute Gasteiger partial charge is 0.0761 e. The number of halogens is 2. The Kier molecular flexibility index (Phi) is 3.63. The van der Waals surface area contributed by atoms with Gasteiger partial charge in [-0.1, -0.05) is 18.2 Å². The van der Waals surface area contributed by atoms with Crippen LogP contribution in [0.4, 0.5) is 0 Å². The molecule has 0 radical (unpaired) electrons. The van der Waals surface area contributed by atoms with Crippen LogP contribution in [0.2, 0.25) is 0 Å². The zero-order chi connectivity index (χ0) is 12.7. The maximum atomic E-state index is 6.38. The fourth-order valence-corrected chi connectivity index (χ4v) is 5.46. The van der Waals surface area contributed by atoms with Crippen LogP contribution in [0.25, 0.3) is 0 Å². The summed E-state index contributed by atoms with van der Waals surface area (Å²) in [6.45, 7) is 0. The molecule has 18 heavy (non-hydrogen) atoms. The molecule has 0 saturated heterocycles. The van der Waals surface area contributed by atoms with E-state index in [0.717, 1.165) is 13.1 Å². The molecule has 3 rings (SSSR count). The van der Waals surface area contributed by atoms with Crippen LogP contribution >= 0.6 is 43.2 Å². The first-order valence-corrected chi connectivity index (χ1v) is 8.37. The minimum Gasteiger partial charge on any atom is -0.320 e. The second-order valence-electron chi connectivity index (χ2n) is 4.64. The lowest BCUT2D eigenvalue weighted by Crippen LogP contribution is -2.11. The monoisotopic (exact) mass is 385 g/mol. The van der Waals surface area contributed by atoms with Gasteiger partial charge in [-0.05, 0) is 79.4 Å². The third-order valence-corrected chi connectivity index (χ3v) is 5.89. The highest BCUT2D eigenvalue weighted by Gasteiger charge is 2.18. The van der Waals surface area contributed by atoms with E-state index in [1.807, 2.05) is 0 Å². The lowest BCUT2D eigenvalue weighted by atomic mass is 9.98. The topological polar surface area (TPSA) is 26.0 Å². The summed E-state index contributed by atoms with van der Waals surface area (Å²) < 4.78 is 2.23. The highest BCUT2D eigenvalue weighted by Crippen LogP contribution is 2.37. The van der Waals surface area contributed by atoms with Gasteiger partial charge in [-0.2, -0.15) is 0 Å². The first kappa shape index (κ1) is 12.9. The van der Waals surface area contributed by atoms with Gasteiger partial charge in [0.25, 0.3) is 0 Å². The van der Waals surface area contributed by atoms with Gasteiger partial charge in [-0.3, -0.25) is 0 Å². The van der Waals surface area contributed by atoms with Gasteiger partial charge in [0.1, 0.15) is 0 Å². The molecule has 1 aliphatic rings. The fourth-order valence-electron chi connectivity index (χ4n) is 2.53. The van der Waals surface area contributed by atoms with Crippen LogP contribution in [-0.2, 0) is 12.8 Å². The van der Waals surface area contributed by atoms with E-state index in [1.165, 1.54) is 36.0 Å². The Balaban J connectivity index is 1.97. The van der Waals surface area contributed by atoms with Crippen LogP contribution in [0.15, 0.2) is 31.8 Å². The highest BCUT2D eigenvalue weighted by molar-refractivity contribution is 9.12. The quantitative estimate of drug-likeness (QED) is 0.787. The van der Waals surface area contributed by atoms with Gasteiger partial charge < -0.3 is 5.73 Å². The summed E-state index contributed by atoms with van der Waals surface area (Å²) in [4.78, 5) is 0. The summed E-state index contributed by atoms with van der Waals surface area (Å²) in [6, 6.07) is 8.75. The van der Waals surface area contributed by atoms with Crippen LogP contribution in [0.1, 0.15) is 34.7 Å². The van der Waals surface area contributed by atoms with Crippen LogP contribution in [0, 0.1) is 0 Å². The largest absolute Gasteiger partial charge is 0.320 e. The maximum Gasteiger partial charge on any atom is 0.0761 e. The Morgan fingerprint density at radius 2 is 1.89 bits per heavy atom. The molecule has 0 aliphatic heterocycles. The van der Waals surface area contributed by atoms with Crippen molar-refractivity contribution in [3.63, 3.8) is 0 Å². The molecule has 1 aromatic carbocycles. The van der Waals surface area contributed by atoms with Crippen LogP contribution in [-0.4, -0.2) is 0 Å². The van der Waals surface area contributed by atoms with E-state index in [0.29, 0.717) is 0 Å². The predicted octanol–water partition coefficient (Wildman–Crippen LogP) is 4.81. The van der Waals surface area contributed by atoms with Crippen molar-refractivity contribution in [2.45, 2.75) is 25.3 Å². The minimum atomic E-state index is -0.0483. The molecule has 0 saturated carbocycles. The molecule has 1 aliphatic carbocycles. The molecule has 0 amide bonds. The van der Waals surface area contributed by atoms with Crippen molar-refractivity contribution in [2.24, 2.45) is 5.73 Å². The van der Waals surface area contributed by atoms with E-state index >= 15 is 0 Å². The van der Waals surface area contributed by atoms with Gasteiger partial charge in [0.15, 0.2) is 0 Å². The van der Waals surface area contributed by atoms with Gasteiger partial charge in [0.2, 0.25) is 0 Å². The lowest BCUT2D eigenvalue weighted by molar-refractivity contribution is 0.868. The van der Waals surface area contributed by atoms with Gasteiger partial charge in [0.05, 0.1) is 13.6 Å². The number of hydrogen-bond acceptors (Lipinski definition) is 2. The number of thiophene rings is 1. The van der Waals surface area contributed by atoms with Gasteiger partial charge in [-0.15, -0.1) is 11.3 Å². The van der Waals surface area contributed by atoms with E-state index in [4.69, 9.17) is 5.73 Å². The molecule has 1 unspecified atom stereocenters. The predicted molar refractivity (Wildman–Crippen MR) is 84.2 cm³/mol. The Morgan fingerprint density at radius 3 is 2.61 bits per heavy atom. The van der Waals surface area contributed by atoms with Crippen molar-refractivity contribution in [3.05, 3.63) is 54.1 Å². The van der Waals surface area contributed by atoms with Gasteiger partial charge in [-0.25, -0.2) is 0 Å². The number of hydrogen-bond donors (Lipinski definition) is 1. The van der Waals surface area contributed by atoms with Crippen molar-refractivity contribution in [1.29, 1.82) is 0 Å². The van der Waals surface area contributed by atoms with Crippen molar-refractivity contribution in [1.82, 2.24) is 0 Å². The molecule has 0 spiro atoms. The van der Waals surface area contributed by atoms with E-state index in [9.17, 15) is 0 Å². The number of benzene rings is 1. The van der Waals surface area contributed by atoms with E-state index in [2.05, 4.69) is 56.1 Å². The molecular weight excluding hydrogens is 374 g/mol. The maximum absolute atomic E-state index is 6.38. The Hall–Kier alpha value is -0.160. The number of fused-ring (bicyclic) bond motifs is 1. The Morgan fingerprint density at radius 1 is 1.11 bits per heavy atom. The van der Waals surface area contributed by atoms with Gasteiger partial charge in [0, 0.05) is 0 Å². The summed E-state index contributed by atoms with van der Waals surface area (Å²) in [5.41, 5.74) is 11.7. The Bertz CT molecular complexity index is 591. The third-order valence-electron chi connectivity index (χ3n) is 3.50. The molecule has 2 N–H and O–H groups in total. The SMILES string of the molecule is NC(c1ccc2c(c1)CCC2)c1cc(Br)sc1Br. The molecule has 94 valence electrons. The molecule has 0 fully saturated rings. The second-order valence-corrected chi connectivity index (χ2v) is 8.39. The van der Waals surface area contributed by atoms with Crippen LogP contribution < -0.4 is 5.73 Å². The Labute approximate surface area is 128 Å². The minimum absolute atomic E-state index is 0.0483. The molecular formula is C14H13Br2NS. The molecule has 1 heterocycles. The van der Waals surface area contributed by atoms with E-state index in [1.54, 1.807) is 11.3 Å². The standard InChI is InChI=1S/C14H13Br2NS/c15-12-7-11(14(16)18-12)13(17)10-5-4-8-2-1-3-9(8)6-10/h4-7,13H,1-3,17H2. The average molecular weight is 387 g/mol. The van der Waals surface area contributed by atoms with Crippen LogP contribution in [0.5, 0.6) is 0 Å². The molecule has 2 aromatic rings. The first-order valence-electron chi connectivity index (χ1n) is 5.97. The number of aryl methyl sites for hydroxylation is 2. The average Bonchev–Trinajstić information content (AvgIpc) is 2.93. The number of nitrogens with two attached hydrogens (primary N) is 1. The highest BCUT2D eigenvalue weighted by atomic mass is 79.9. The van der Waals surface area contributed by atoms with Crippen molar-refractivity contribution in [3.8, 4) is 0 Å². The van der Waals surface area contributed by atoms with E-state index in [-0.39, 0.29) is 6.04 Å². The van der Waals surface area contributed by atoms with E-state index < -0.39 is 0 Å². The summed E-state index contributed by atoms with van der Waals surface area (Å²) in [6.07, 6.45) is 3.70. The molecule has 1 aromatic heterocycles. The fraction of sp³-hybridized carbons (Fsp3) is 0.286. The van der Waals surface area contributed by atoms with Gasteiger partial charge >= 0.3 is 0 Å². The summed E-state index contributed by atoms with van der Waals surface area (Å²) in [5.74, 6) is 0. The second kappa shape index (κ2) is 5.08. The first-order chi connectivity index (χ1) is 8.65. The molecule has 1 nitrogen and oxygen atoms in total. The molecule has 4 heteroatoms. The molecule has 1 atom stereocenters. The lowest BCUT2D eigenvalue weighted by Gasteiger charge is -2.13. The van der Waals surface area contributed by atoms with Crippen LogP contribution in [0.3, 0.4) is 0 Å². The zero-order valence-corrected chi connectivity index (χ0v) is 13.7. The third kappa shape index (κ3) is 2.31. The van der Waals surface area contributed by atoms with Crippen molar-refractivity contribution < 1.29 is 0 Å². The summed E-state index contributed by atoms with van der Waals surface area (Å²) in [7, 11) is 0. The number of rotatable bonds is 2. The molecule has 0 bridgehead atoms. The van der Waals surface area contributed by atoms with Crippen molar-refractivity contribution >= 4 is 43.2 Å².